The van der Waals surface area contributed by atoms with Crippen molar-refractivity contribution in [2.75, 3.05) is 5.88 Å². The number of benzene rings is 1. The molecule has 0 bridgehead atoms. The standard InChI is InChI=1S/C12H16ClNO4/c1-7-5-8(2)11(9(6-7)14(17)18)12(16)10(15)3-4-13/h5-6,10,12,15-16H,3-4H2,1-2H3. The van der Waals surface area contributed by atoms with E-state index in [1.165, 1.54) is 6.07 Å². The van der Waals surface area contributed by atoms with Crippen LogP contribution in [0.15, 0.2) is 12.1 Å². The van der Waals surface area contributed by atoms with Crippen LogP contribution in [0.5, 0.6) is 0 Å². The predicted molar refractivity (Wildman–Crippen MR) is 68.9 cm³/mol. The van der Waals surface area contributed by atoms with Crippen molar-refractivity contribution in [3.8, 4) is 0 Å². The van der Waals surface area contributed by atoms with Gasteiger partial charge in [0.05, 0.1) is 16.6 Å². The second-order valence-electron chi connectivity index (χ2n) is 4.26. The third kappa shape index (κ3) is 3.19. The zero-order valence-electron chi connectivity index (χ0n) is 10.3. The molecule has 0 aliphatic heterocycles. The summed E-state index contributed by atoms with van der Waals surface area (Å²) in [5.41, 5.74) is 1.31. The van der Waals surface area contributed by atoms with Gasteiger partial charge in [-0.25, -0.2) is 0 Å². The monoisotopic (exact) mass is 273 g/mol. The highest BCUT2D eigenvalue weighted by atomic mass is 35.5. The fourth-order valence-electron chi connectivity index (χ4n) is 1.95. The number of halogens is 1. The van der Waals surface area contributed by atoms with E-state index in [0.29, 0.717) is 5.56 Å². The van der Waals surface area contributed by atoms with Crippen LogP contribution in [-0.4, -0.2) is 27.1 Å². The van der Waals surface area contributed by atoms with Crippen LogP contribution in [0.2, 0.25) is 0 Å². The minimum atomic E-state index is -1.30. The minimum Gasteiger partial charge on any atom is -0.390 e. The Kier molecular flexibility index (Phi) is 5.07. The Labute approximate surface area is 110 Å². The number of rotatable bonds is 5. The van der Waals surface area contributed by atoms with Crippen molar-refractivity contribution in [1.82, 2.24) is 0 Å². The van der Waals surface area contributed by atoms with Gasteiger partial charge in [0.25, 0.3) is 5.69 Å². The van der Waals surface area contributed by atoms with Gasteiger partial charge in [0, 0.05) is 11.9 Å². The average molecular weight is 274 g/mol. The van der Waals surface area contributed by atoms with Gasteiger partial charge in [-0.3, -0.25) is 10.1 Å². The Morgan fingerprint density at radius 2 is 2.00 bits per heavy atom. The van der Waals surface area contributed by atoms with Gasteiger partial charge in [-0.15, -0.1) is 11.6 Å². The zero-order valence-corrected chi connectivity index (χ0v) is 11.0. The van der Waals surface area contributed by atoms with Crippen LogP contribution >= 0.6 is 11.6 Å². The molecule has 0 aliphatic carbocycles. The third-order valence-corrected chi connectivity index (χ3v) is 2.99. The molecule has 1 aromatic rings. The maximum Gasteiger partial charge on any atom is 0.275 e. The number of hydrogen-bond donors (Lipinski definition) is 2. The second-order valence-corrected chi connectivity index (χ2v) is 4.64. The van der Waals surface area contributed by atoms with Gasteiger partial charge in [0.15, 0.2) is 0 Å². The maximum absolute atomic E-state index is 11.0. The lowest BCUT2D eigenvalue weighted by atomic mass is 9.95. The first-order valence-electron chi connectivity index (χ1n) is 5.56. The van der Waals surface area contributed by atoms with Crippen molar-refractivity contribution < 1.29 is 15.1 Å². The van der Waals surface area contributed by atoms with Crippen LogP contribution < -0.4 is 0 Å². The van der Waals surface area contributed by atoms with E-state index in [9.17, 15) is 20.3 Å². The van der Waals surface area contributed by atoms with Crippen LogP contribution in [-0.2, 0) is 0 Å². The molecule has 1 aromatic carbocycles. The van der Waals surface area contributed by atoms with Crippen molar-refractivity contribution in [2.45, 2.75) is 32.5 Å². The number of nitrogens with zero attached hydrogens (tertiary/aromatic N) is 1. The lowest BCUT2D eigenvalue weighted by Gasteiger charge is -2.19. The number of nitro groups is 1. The molecule has 6 heteroatoms. The van der Waals surface area contributed by atoms with Gasteiger partial charge in [0.1, 0.15) is 6.10 Å². The fraction of sp³-hybridized carbons (Fsp3) is 0.500. The summed E-state index contributed by atoms with van der Waals surface area (Å²) in [6, 6.07) is 3.12. The number of nitro benzene ring substituents is 1. The van der Waals surface area contributed by atoms with E-state index in [-0.39, 0.29) is 23.6 Å². The zero-order chi connectivity index (χ0) is 13.9. The van der Waals surface area contributed by atoms with Crippen molar-refractivity contribution >= 4 is 17.3 Å². The minimum absolute atomic E-state index is 0.156. The first-order chi connectivity index (χ1) is 8.38. The number of hydrogen-bond acceptors (Lipinski definition) is 4. The van der Waals surface area contributed by atoms with Gasteiger partial charge < -0.3 is 10.2 Å². The quantitative estimate of drug-likeness (QED) is 0.489. The summed E-state index contributed by atoms with van der Waals surface area (Å²) in [4.78, 5) is 10.4. The normalized spacial score (nSPS) is 14.3. The van der Waals surface area contributed by atoms with Crippen molar-refractivity contribution in [3.63, 3.8) is 0 Å². The molecule has 5 nitrogen and oxygen atoms in total. The molecular weight excluding hydrogens is 258 g/mol. The topological polar surface area (TPSA) is 83.6 Å². The van der Waals surface area contributed by atoms with Gasteiger partial charge in [-0.2, -0.15) is 0 Å². The number of alkyl halides is 1. The third-order valence-electron chi connectivity index (χ3n) is 2.77. The SMILES string of the molecule is Cc1cc(C)c(C(O)C(O)CCCl)c([N+](=O)[O-])c1. The molecule has 2 atom stereocenters. The van der Waals surface area contributed by atoms with Crippen LogP contribution in [0, 0.1) is 24.0 Å². The van der Waals surface area contributed by atoms with Crippen molar-refractivity contribution in [1.29, 1.82) is 0 Å². The van der Waals surface area contributed by atoms with E-state index in [2.05, 4.69) is 0 Å². The predicted octanol–water partition coefficient (Wildman–Crippen LogP) is 2.23. The highest BCUT2D eigenvalue weighted by molar-refractivity contribution is 6.17. The maximum atomic E-state index is 11.0. The van der Waals surface area contributed by atoms with Crippen LogP contribution in [0.25, 0.3) is 0 Å². The van der Waals surface area contributed by atoms with E-state index in [1.54, 1.807) is 19.9 Å². The molecule has 0 spiro atoms. The molecule has 0 heterocycles. The fourth-order valence-corrected chi connectivity index (χ4v) is 2.18. The molecule has 0 fully saturated rings. The Morgan fingerprint density at radius 1 is 1.39 bits per heavy atom. The molecule has 100 valence electrons. The van der Waals surface area contributed by atoms with E-state index in [1.807, 2.05) is 0 Å². The molecule has 0 aliphatic rings. The number of aliphatic hydroxyl groups is 2. The summed E-state index contributed by atoms with van der Waals surface area (Å²) in [5, 5.41) is 30.7. The smallest absolute Gasteiger partial charge is 0.275 e. The highest BCUT2D eigenvalue weighted by Crippen LogP contribution is 2.32. The van der Waals surface area contributed by atoms with Crippen LogP contribution in [0.4, 0.5) is 5.69 Å². The van der Waals surface area contributed by atoms with Gasteiger partial charge in [0.2, 0.25) is 0 Å². The lowest BCUT2D eigenvalue weighted by Crippen LogP contribution is -2.20. The van der Waals surface area contributed by atoms with Crippen LogP contribution in [0.3, 0.4) is 0 Å². The average Bonchev–Trinajstić information content (AvgIpc) is 2.27. The van der Waals surface area contributed by atoms with E-state index >= 15 is 0 Å². The van der Waals surface area contributed by atoms with Crippen molar-refractivity contribution in [2.24, 2.45) is 0 Å². The first-order valence-corrected chi connectivity index (χ1v) is 6.09. The molecule has 0 saturated heterocycles. The molecule has 0 aromatic heterocycles. The number of aryl methyl sites for hydroxylation is 2. The van der Waals surface area contributed by atoms with Gasteiger partial charge >= 0.3 is 0 Å². The summed E-state index contributed by atoms with van der Waals surface area (Å²) in [6.07, 6.45) is -2.24. The summed E-state index contributed by atoms with van der Waals surface area (Å²) in [5.74, 6) is 0.178. The molecule has 0 amide bonds. The molecular formula is C12H16ClNO4. The molecule has 0 saturated carbocycles. The summed E-state index contributed by atoms with van der Waals surface area (Å²) >= 11 is 5.49. The van der Waals surface area contributed by atoms with E-state index in [4.69, 9.17) is 11.6 Å². The van der Waals surface area contributed by atoms with Crippen LogP contribution in [0.1, 0.15) is 29.2 Å². The van der Waals surface area contributed by atoms with E-state index in [0.717, 1.165) is 5.56 Å². The van der Waals surface area contributed by atoms with Gasteiger partial charge in [-0.05, 0) is 31.4 Å². The second kappa shape index (κ2) is 6.13. The molecule has 1 rings (SSSR count). The summed E-state index contributed by atoms with van der Waals surface area (Å²) < 4.78 is 0. The lowest BCUT2D eigenvalue weighted by molar-refractivity contribution is -0.386. The molecule has 0 radical (unpaired) electrons. The Bertz CT molecular complexity index is 450. The largest absolute Gasteiger partial charge is 0.390 e. The van der Waals surface area contributed by atoms with Crippen molar-refractivity contribution in [3.05, 3.63) is 38.9 Å². The molecule has 18 heavy (non-hydrogen) atoms. The first kappa shape index (κ1) is 14.9. The van der Waals surface area contributed by atoms with E-state index < -0.39 is 17.1 Å². The Balaban J connectivity index is 3.25. The summed E-state index contributed by atoms with van der Waals surface area (Å²) in [6.45, 7) is 3.41. The van der Waals surface area contributed by atoms with Gasteiger partial charge in [-0.1, -0.05) is 6.07 Å². The highest BCUT2D eigenvalue weighted by Gasteiger charge is 2.28. The number of aliphatic hydroxyl groups excluding tert-OH is 2. The molecule has 2 N–H and O–H groups in total. The summed E-state index contributed by atoms with van der Waals surface area (Å²) in [7, 11) is 0. The molecule has 2 unspecified atom stereocenters. The Hall–Kier alpha value is -1.17. The Morgan fingerprint density at radius 3 is 2.50 bits per heavy atom.